The Morgan fingerprint density at radius 2 is 1.13 bits per heavy atom. The summed E-state index contributed by atoms with van der Waals surface area (Å²) in [6.45, 7) is 12.8. The van der Waals surface area contributed by atoms with E-state index in [0.29, 0.717) is 13.2 Å². The van der Waals surface area contributed by atoms with Crippen LogP contribution in [0.4, 0.5) is 0 Å². The summed E-state index contributed by atoms with van der Waals surface area (Å²) in [5.74, 6) is 0. The number of rotatable bonds is 8. The van der Waals surface area contributed by atoms with Gasteiger partial charge in [-0.05, 0) is 0 Å². The van der Waals surface area contributed by atoms with Crippen molar-refractivity contribution in [3.63, 3.8) is 0 Å². The van der Waals surface area contributed by atoms with E-state index in [1.165, 1.54) is 0 Å². The van der Waals surface area contributed by atoms with Crippen molar-refractivity contribution in [2.45, 2.75) is 53.8 Å². The maximum absolute atomic E-state index is 5.75. The van der Waals surface area contributed by atoms with E-state index in [9.17, 15) is 0 Å². The van der Waals surface area contributed by atoms with Gasteiger partial charge in [0.15, 0.2) is 0 Å². The molecule has 0 aromatic carbocycles. The topological polar surface area (TPSA) is 36.9 Å². The normalized spacial score (nSPS) is 12.8. The second-order valence-electron chi connectivity index (χ2n) is 3.70. The van der Waals surface area contributed by atoms with Crippen molar-refractivity contribution in [2.24, 2.45) is 0 Å². The van der Waals surface area contributed by atoms with Crippen LogP contribution in [0, 0.1) is 0 Å². The van der Waals surface area contributed by atoms with Gasteiger partial charge >= 0.3 is 98.4 Å². The summed E-state index contributed by atoms with van der Waals surface area (Å²) >= 11 is -3.47. The van der Waals surface area contributed by atoms with Gasteiger partial charge < -0.3 is 0 Å². The standard InChI is InChI=1S/2C3H7O.2C2H5O.Ti/c2*1-3(2)4;2*1-2-3;/h2*3H,1-2H3;2*2H2,1H3;/q4*-1;+4. The Morgan fingerprint density at radius 3 is 1.33 bits per heavy atom. The molecule has 0 aliphatic heterocycles. The van der Waals surface area contributed by atoms with Crippen LogP contribution in [0.1, 0.15) is 41.5 Å². The molecule has 0 rings (SSSR count). The van der Waals surface area contributed by atoms with Crippen molar-refractivity contribution in [3.05, 3.63) is 0 Å². The van der Waals surface area contributed by atoms with Gasteiger partial charge in [0.05, 0.1) is 0 Å². The predicted molar refractivity (Wildman–Crippen MR) is 55.7 cm³/mol. The van der Waals surface area contributed by atoms with Crippen LogP contribution in [0.2, 0.25) is 0 Å². The first kappa shape index (κ1) is 15.6. The van der Waals surface area contributed by atoms with Crippen LogP contribution in [-0.4, -0.2) is 25.4 Å². The van der Waals surface area contributed by atoms with Crippen LogP contribution in [-0.2, 0) is 31.4 Å². The molecule has 0 saturated heterocycles. The quantitative estimate of drug-likeness (QED) is 0.626. The van der Waals surface area contributed by atoms with Crippen LogP contribution in [0.25, 0.3) is 0 Å². The molecule has 0 aliphatic carbocycles. The first-order valence-corrected chi connectivity index (χ1v) is 8.14. The van der Waals surface area contributed by atoms with Crippen LogP contribution in [0.5, 0.6) is 0 Å². The summed E-state index contributed by atoms with van der Waals surface area (Å²) in [5.41, 5.74) is 0. The minimum absolute atomic E-state index is 0.0573. The SMILES string of the molecule is CC[O][Ti]([O]CC)([O]C(C)C)[O]C(C)C. The molecule has 0 bridgehead atoms. The van der Waals surface area contributed by atoms with Crippen LogP contribution in [0.3, 0.4) is 0 Å². The third-order valence-corrected chi connectivity index (χ3v) is 5.78. The van der Waals surface area contributed by atoms with Crippen LogP contribution >= 0.6 is 0 Å². The summed E-state index contributed by atoms with van der Waals surface area (Å²) in [5, 5.41) is 0. The van der Waals surface area contributed by atoms with Crippen molar-refractivity contribution in [1.82, 2.24) is 0 Å². The zero-order chi connectivity index (χ0) is 11.9. The molecule has 0 aliphatic rings. The molecule has 0 heterocycles. The maximum atomic E-state index is 5.75. The summed E-state index contributed by atoms with van der Waals surface area (Å²) in [6, 6.07) is 0. The molecular formula is C10H24O4Ti. The Bertz CT molecular complexity index is 144. The molecule has 0 saturated carbocycles. The molecule has 0 unspecified atom stereocenters. The fraction of sp³-hybridized carbons (Fsp3) is 1.00. The third kappa shape index (κ3) is 6.66. The Kier molecular flexibility index (Phi) is 8.05. The van der Waals surface area contributed by atoms with Crippen molar-refractivity contribution < 1.29 is 31.4 Å². The Hall–Kier alpha value is 0.554. The van der Waals surface area contributed by atoms with Crippen molar-refractivity contribution in [1.29, 1.82) is 0 Å². The van der Waals surface area contributed by atoms with Gasteiger partial charge in [-0.15, -0.1) is 0 Å². The van der Waals surface area contributed by atoms with Crippen molar-refractivity contribution >= 4 is 0 Å². The minimum atomic E-state index is -3.47. The van der Waals surface area contributed by atoms with E-state index >= 15 is 0 Å². The summed E-state index contributed by atoms with van der Waals surface area (Å²) in [7, 11) is 0. The van der Waals surface area contributed by atoms with E-state index in [2.05, 4.69) is 0 Å². The van der Waals surface area contributed by atoms with E-state index in [0.717, 1.165) is 0 Å². The van der Waals surface area contributed by atoms with Gasteiger partial charge in [0, 0.05) is 0 Å². The fourth-order valence-electron chi connectivity index (χ4n) is 1.14. The van der Waals surface area contributed by atoms with Crippen LogP contribution < -0.4 is 0 Å². The number of hydrogen-bond acceptors (Lipinski definition) is 4. The van der Waals surface area contributed by atoms with Crippen molar-refractivity contribution in [2.75, 3.05) is 13.2 Å². The van der Waals surface area contributed by atoms with Gasteiger partial charge in [-0.3, -0.25) is 0 Å². The average Bonchev–Trinajstić information content (AvgIpc) is 2.01. The molecule has 0 atom stereocenters. The molecule has 0 N–H and O–H groups in total. The summed E-state index contributed by atoms with van der Waals surface area (Å²) in [4.78, 5) is 0. The molecule has 15 heavy (non-hydrogen) atoms. The zero-order valence-corrected chi connectivity index (χ0v) is 12.3. The van der Waals surface area contributed by atoms with E-state index in [-0.39, 0.29) is 12.2 Å². The predicted octanol–water partition coefficient (Wildman–Crippen LogP) is 2.72. The van der Waals surface area contributed by atoms with E-state index < -0.39 is 18.1 Å². The van der Waals surface area contributed by atoms with Gasteiger partial charge in [0.25, 0.3) is 0 Å². The van der Waals surface area contributed by atoms with E-state index in [4.69, 9.17) is 13.3 Å². The zero-order valence-electron chi connectivity index (χ0n) is 10.7. The fourth-order valence-corrected chi connectivity index (χ4v) is 4.69. The van der Waals surface area contributed by atoms with Gasteiger partial charge in [0.2, 0.25) is 0 Å². The first-order chi connectivity index (χ1) is 6.95. The van der Waals surface area contributed by atoms with Crippen molar-refractivity contribution in [3.8, 4) is 0 Å². The molecule has 92 valence electrons. The average molecular weight is 256 g/mol. The Morgan fingerprint density at radius 1 is 0.800 bits per heavy atom. The van der Waals surface area contributed by atoms with Gasteiger partial charge in [0.1, 0.15) is 0 Å². The molecule has 0 amide bonds. The molecule has 0 radical (unpaired) electrons. The Labute approximate surface area is 98.5 Å². The molecule has 0 spiro atoms. The van der Waals surface area contributed by atoms with Gasteiger partial charge in [-0.2, -0.15) is 0 Å². The summed E-state index contributed by atoms with van der Waals surface area (Å²) < 4.78 is 22.7. The van der Waals surface area contributed by atoms with Gasteiger partial charge in [-0.25, -0.2) is 0 Å². The molecular weight excluding hydrogens is 232 g/mol. The molecule has 0 fully saturated rings. The first-order valence-electron chi connectivity index (χ1n) is 5.59. The van der Waals surface area contributed by atoms with E-state index in [1.807, 2.05) is 41.5 Å². The Balaban J connectivity index is 4.55. The second-order valence-corrected chi connectivity index (χ2v) is 6.90. The third-order valence-electron chi connectivity index (χ3n) is 1.40. The van der Waals surface area contributed by atoms with Gasteiger partial charge in [-0.1, -0.05) is 0 Å². The summed E-state index contributed by atoms with van der Waals surface area (Å²) in [6.07, 6.45) is 0.115. The monoisotopic (exact) mass is 256 g/mol. The van der Waals surface area contributed by atoms with Crippen LogP contribution in [0.15, 0.2) is 0 Å². The second kappa shape index (κ2) is 7.77. The molecule has 5 heteroatoms. The molecule has 4 nitrogen and oxygen atoms in total. The number of hydrogen-bond donors (Lipinski definition) is 0. The molecule has 0 aromatic heterocycles. The molecule has 0 aromatic rings. The van der Waals surface area contributed by atoms with E-state index in [1.54, 1.807) is 0 Å².